The van der Waals surface area contributed by atoms with Crippen LogP contribution in [0, 0.1) is 16.6 Å². The van der Waals surface area contributed by atoms with Crippen LogP contribution in [0.25, 0.3) is 0 Å². The highest BCUT2D eigenvalue weighted by atomic mass is 32.1. The highest BCUT2D eigenvalue weighted by molar-refractivity contribution is 7.85. The van der Waals surface area contributed by atoms with Crippen molar-refractivity contribution in [1.29, 1.82) is 5.26 Å². The standard InChI is InChI=1S/C14H29N.CHNS/c1-4-5-6-7-8-9-11-15-12-10-13(2)14(15)3;2-1-3/h13-14H,4-12H2,1-3H3;3H. The van der Waals surface area contributed by atoms with Crippen LogP contribution in [0.5, 0.6) is 0 Å². The lowest BCUT2D eigenvalue weighted by molar-refractivity contribution is 0.242. The molecule has 0 aliphatic carbocycles. The predicted octanol–water partition coefficient (Wildman–Crippen LogP) is 4.47. The van der Waals surface area contributed by atoms with Crippen molar-refractivity contribution in [2.75, 3.05) is 13.1 Å². The maximum atomic E-state index is 7.18. The van der Waals surface area contributed by atoms with Gasteiger partial charge in [-0.1, -0.05) is 58.6 Å². The molecule has 0 saturated carbocycles. The summed E-state index contributed by atoms with van der Waals surface area (Å²) in [4.78, 5) is 2.69. The summed E-state index contributed by atoms with van der Waals surface area (Å²) in [6, 6.07) is 0.834. The molecular formula is C15H30N2S. The Hall–Kier alpha value is -0.200. The van der Waals surface area contributed by atoms with E-state index in [9.17, 15) is 0 Å². The van der Waals surface area contributed by atoms with E-state index in [1.807, 2.05) is 0 Å². The highest BCUT2D eigenvalue weighted by Gasteiger charge is 2.26. The van der Waals surface area contributed by atoms with E-state index in [1.54, 1.807) is 0 Å². The van der Waals surface area contributed by atoms with Gasteiger partial charge in [-0.05, 0) is 38.8 Å². The van der Waals surface area contributed by atoms with Crippen molar-refractivity contribution in [3.63, 3.8) is 0 Å². The number of unbranched alkanes of at least 4 members (excludes halogenated alkanes) is 5. The minimum atomic E-state index is 0.834. The fourth-order valence-electron chi connectivity index (χ4n) is 2.58. The van der Waals surface area contributed by atoms with Gasteiger partial charge in [-0.3, -0.25) is 0 Å². The average Bonchev–Trinajstić information content (AvgIpc) is 2.66. The molecule has 2 atom stereocenters. The molecule has 1 aliphatic heterocycles. The largest absolute Gasteiger partial charge is 0.300 e. The molecule has 2 nitrogen and oxygen atoms in total. The van der Waals surface area contributed by atoms with Gasteiger partial charge in [0, 0.05) is 6.04 Å². The maximum absolute atomic E-state index is 7.18. The first-order valence-corrected chi connectivity index (χ1v) is 7.89. The van der Waals surface area contributed by atoms with Crippen LogP contribution in [-0.2, 0) is 0 Å². The van der Waals surface area contributed by atoms with Crippen molar-refractivity contribution in [1.82, 2.24) is 4.90 Å². The van der Waals surface area contributed by atoms with Gasteiger partial charge < -0.3 is 4.90 Å². The van der Waals surface area contributed by atoms with E-state index in [-0.39, 0.29) is 0 Å². The highest BCUT2D eigenvalue weighted by Crippen LogP contribution is 2.23. The van der Waals surface area contributed by atoms with Crippen molar-refractivity contribution >= 4 is 12.6 Å². The Balaban J connectivity index is 0.000000873. The Morgan fingerprint density at radius 3 is 2.22 bits per heavy atom. The van der Waals surface area contributed by atoms with E-state index in [1.165, 1.54) is 63.4 Å². The third-order valence-electron chi connectivity index (χ3n) is 4.07. The van der Waals surface area contributed by atoms with E-state index >= 15 is 0 Å². The average molecular weight is 270 g/mol. The van der Waals surface area contributed by atoms with Crippen molar-refractivity contribution in [3.8, 4) is 5.40 Å². The lowest BCUT2D eigenvalue weighted by atomic mass is 10.1. The predicted molar refractivity (Wildman–Crippen MR) is 82.8 cm³/mol. The molecule has 3 heteroatoms. The van der Waals surface area contributed by atoms with Crippen LogP contribution in [0.4, 0.5) is 0 Å². The van der Waals surface area contributed by atoms with Gasteiger partial charge in [0.1, 0.15) is 5.40 Å². The Morgan fingerprint density at radius 1 is 1.17 bits per heavy atom. The molecule has 0 amide bonds. The summed E-state index contributed by atoms with van der Waals surface area (Å²) in [5.74, 6) is 0.921. The van der Waals surface area contributed by atoms with Gasteiger partial charge in [0.25, 0.3) is 0 Å². The third-order valence-corrected chi connectivity index (χ3v) is 4.07. The summed E-state index contributed by atoms with van der Waals surface area (Å²) in [6.07, 6.45) is 9.96. The van der Waals surface area contributed by atoms with E-state index < -0.39 is 0 Å². The second-order valence-electron chi connectivity index (χ2n) is 5.41. The monoisotopic (exact) mass is 270 g/mol. The number of hydrogen-bond donors (Lipinski definition) is 1. The molecule has 1 saturated heterocycles. The van der Waals surface area contributed by atoms with Crippen molar-refractivity contribution in [2.24, 2.45) is 5.92 Å². The zero-order valence-electron chi connectivity index (χ0n) is 12.4. The van der Waals surface area contributed by atoms with Crippen molar-refractivity contribution in [2.45, 2.75) is 71.8 Å². The van der Waals surface area contributed by atoms with E-state index in [0.717, 1.165) is 12.0 Å². The number of thiol groups is 1. The fourth-order valence-corrected chi connectivity index (χ4v) is 2.58. The first-order valence-electron chi connectivity index (χ1n) is 7.44. The molecular weight excluding hydrogens is 240 g/mol. The van der Waals surface area contributed by atoms with Gasteiger partial charge in [-0.25, -0.2) is 0 Å². The van der Waals surface area contributed by atoms with Gasteiger partial charge in [-0.2, -0.15) is 5.26 Å². The van der Waals surface area contributed by atoms with Crippen LogP contribution >= 0.6 is 12.6 Å². The van der Waals surface area contributed by atoms with Crippen LogP contribution in [-0.4, -0.2) is 24.0 Å². The van der Waals surface area contributed by atoms with Crippen molar-refractivity contribution in [3.05, 3.63) is 0 Å². The number of thiocyanates is 1. The zero-order valence-corrected chi connectivity index (χ0v) is 13.3. The summed E-state index contributed by atoms with van der Waals surface area (Å²) in [6.45, 7) is 9.77. The second-order valence-corrected chi connectivity index (χ2v) is 5.61. The van der Waals surface area contributed by atoms with Gasteiger partial charge in [0.2, 0.25) is 0 Å². The van der Waals surface area contributed by atoms with E-state index in [2.05, 4.69) is 38.3 Å². The summed E-state index contributed by atoms with van der Waals surface area (Å²) < 4.78 is 0. The minimum absolute atomic E-state index is 0.834. The van der Waals surface area contributed by atoms with E-state index in [4.69, 9.17) is 5.26 Å². The zero-order chi connectivity index (χ0) is 13.8. The van der Waals surface area contributed by atoms with Gasteiger partial charge >= 0.3 is 0 Å². The summed E-state index contributed by atoms with van der Waals surface area (Å²) >= 11 is 3.09. The topological polar surface area (TPSA) is 27.0 Å². The molecule has 0 N–H and O–H groups in total. The van der Waals surface area contributed by atoms with Crippen LogP contribution in [0.1, 0.15) is 65.7 Å². The minimum Gasteiger partial charge on any atom is -0.300 e. The second kappa shape index (κ2) is 11.9. The molecule has 0 aromatic rings. The molecule has 0 aromatic heterocycles. The Morgan fingerprint density at radius 2 is 1.72 bits per heavy atom. The molecule has 18 heavy (non-hydrogen) atoms. The smallest absolute Gasteiger partial charge is 0.130 e. The fraction of sp³-hybridized carbons (Fsp3) is 0.933. The first-order chi connectivity index (χ1) is 8.67. The molecule has 2 unspecified atom stereocenters. The van der Waals surface area contributed by atoms with E-state index in [0.29, 0.717) is 0 Å². The SMILES string of the molecule is CCCCCCCCN1CCC(C)C1C.N#CS. The number of nitrogens with zero attached hydrogens (tertiary/aromatic N) is 2. The molecule has 0 spiro atoms. The van der Waals surface area contributed by atoms with Crippen LogP contribution in [0.15, 0.2) is 0 Å². The molecule has 106 valence electrons. The quantitative estimate of drug-likeness (QED) is 0.420. The normalized spacial score (nSPS) is 23.3. The molecule has 0 bridgehead atoms. The van der Waals surface area contributed by atoms with Crippen LogP contribution < -0.4 is 0 Å². The van der Waals surface area contributed by atoms with Crippen molar-refractivity contribution < 1.29 is 0 Å². The Kier molecular flexibility index (Phi) is 11.7. The lowest BCUT2D eigenvalue weighted by Gasteiger charge is -2.22. The number of rotatable bonds is 7. The van der Waals surface area contributed by atoms with Gasteiger partial charge in [0.05, 0.1) is 0 Å². The summed E-state index contributed by atoms with van der Waals surface area (Å²) in [5, 5.41) is 8.63. The Bertz CT molecular complexity index is 225. The molecule has 1 fully saturated rings. The van der Waals surface area contributed by atoms with Crippen LogP contribution in [0.2, 0.25) is 0 Å². The molecule has 0 radical (unpaired) electrons. The number of nitriles is 1. The number of likely N-dealkylation sites (tertiary alicyclic amines) is 1. The van der Waals surface area contributed by atoms with Gasteiger partial charge in [0.15, 0.2) is 0 Å². The molecule has 1 rings (SSSR count). The van der Waals surface area contributed by atoms with Crippen LogP contribution in [0.3, 0.4) is 0 Å². The number of hydrogen-bond acceptors (Lipinski definition) is 3. The summed E-state index contributed by atoms with van der Waals surface area (Å²) in [7, 11) is 0. The Labute approximate surface area is 119 Å². The molecule has 1 heterocycles. The maximum Gasteiger partial charge on any atom is 0.130 e. The first kappa shape index (κ1) is 17.8. The lowest BCUT2D eigenvalue weighted by Crippen LogP contribution is -2.30. The third kappa shape index (κ3) is 8.00. The van der Waals surface area contributed by atoms with Gasteiger partial charge in [-0.15, -0.1) is 0 Å². The molecule has 0 aromatic carbocycles. The molecule has 1 aliphatic rings. The summed E-state index contributed by atoms with van der Waals surface area (Å²) in [5.41, 5.74) is 0.